The summed E-state index contributed by atoms with van der Waals surface area (Å²) in [5, 5.41) is 3.16. The first kappa shape index (κ1) is 17.2. The van der Waals surface area contributed by atoms with Gasteiger partial charge in [0.05, 0.1) is 17.2 Å². The monoisotopic (exact) mass is 393 g/mol. The maximum atomic E-state index is 13.0. The number of rotatable bonds is 3. The number of hydrogen-bond donors (Lipinski definition) is 1. The quantitative estimate of drug-likeness (QED) is 0.739. The van der Waals surface area contributed by atoms with Gasteiger partial charge in [-0.1, -0.05) is 11.6 Å². The molecule has 0 unspecified atom stereocenters. The summed E-state index contributed by atoms with van der Waals surface area (Å²) >= 11 is 5.89. The van der Waals surface area contributed by atoms with Crippen molar-refractivity contribution in [2.75, 3.05) is 5.32 Å². The van der Waals surface area contributed by atoms with Crippen LogP contribution in [0.1, 0.15) is 0 Å². The first-order valence-corrected chi connectivity index (χ1v) is 8.03. The van der Waals surface area contributed by atoms with Gasteiger partial charge in [0, 0.05) is 16.8 Å². The third-order valence-electron chi connectivity index (χ3n) is 3.79. The standard InChI is InChI=1S/C17H10ClF2N3O4/c18-9-1-3-12-11(5-9)16(25)23(8-21-12)7-15(24)22-10-2-4-13-14(6-10)27-17(19,20)26-13/h1-6,8H,7H2,(H,22,24). The molecule has 1 aliphatic rings. The number of carbonyl (C=O) groups excluding carboxylic acids is 1. The zero-order chi connectivity index (χ0) is 19.2. The van der Waals surface area contributed by atoms with Crippen molar-refractivity contribution in [3.05, 3.63) is 58.1 Å². The van der Waals surface area contributed by atoms with Gasteiger partial charge in [-0.25, -0.2) is 4.98 Å². The van der Waals surface area contributed by atoms with Crippen LogP contribution < -0.4 is 20.3 Å². The highest BCUT2D eigenvalue weighted by molar-refractivity contribution is 6.31. The number of ether oxygens (including phenoxy) is 2. The molecular weight excluding hydrogens is 384 g/mol. The van der Waals surface area contributed by atoms with Gasteiger partial charge >= 0.3 is 6.29 Å². The molecule has 0 fully saturated rings. The molecule has 0 saturated carbocycles. The summed E-state index contributed by atoms with van der Waals surface area (Å²) in [6, 6.07) is 8.51. The Kier molecular flexibility index (Phi) is 3.96. The van der Waals surface area contributed by atoms with Crippen LogP contribution in [0.5, 0.6) is 11.5 Å². The topological polar surface area (TPSA) is 82.5 Å². The van der Waals surface area contributed by atoms with Gasteiger partial charge in [-0.15, -0.1) is 8.78 Å². The Morgan fingerprint density at radius 2 is 1.96 bits per heavy atom. The Morgan fingerprint density at radius 1 is 1.19 bits per heavy atom. The number of hydrogen-bond acceptors (Lipinski definition) is 5. The fourth-order valence-corrected chi connectivity index (χ4v) is 2.80. The molecule has 0 aliphatic carbocycles. The average molecular weight is 394 g/mol. The maximum absolute atomic E-state index is 13.0. The molecular formula is C17H10ClF2N3O4. The minimum Gasteiger partial charge on any atom is -0.395 e. The van der Waals surface area contributed by atoms with E-state index < -0.39 is 17.8 Å². The van der Waals surface area contributed by atoms with E-state index in [0.29, 0.717) is 10.5 Å². The van der Waals surface area contributed by atoms with Crippen LogP contribution in [-0.2, 0) is 11.3 Å². The van der Waals surface area contributed by atoms with E-state index >= 15 is 0 Å². The van der Waals surface area contributed by atoms with Crippen molar-refractivity contribution < 1.29 is 23.0 Å². The van der Waals surface area contributed by atoms with Gasteiger partial charge in [-0.05, 0) is 30.3 Å². The van der Waals surface area contributed by atoms with Crippen LogP contribution in [0.4, 0.5) is 14.5 Å². The molecule has 27 heavy (non-hydrogen) atoms. The lowest BCUT2D eigenvalue weighted by Gasteiger charge is -2.08. The summed E-state index contributed by atoms with van der Waals surface area (Å²) in [6.07, 6.45) is -2.49. The second kappa shape index (κ2) is 6.20. The first-order chi connectivity index (χ1) is 12.8. The largest absolute Gasteiger partial charge is 0.586 e. The van der Waals surface area contributed by atoms with E-state index in [-0.39, 0.29) is 29.1 Å². The van der Waals surface area contributed by atoms with Gasteiger partial charge in [-0.2, -0.15) is 0 Å². The Morgan fingerprint density at radius 3 is 2.78 bits per heavy atom. The Bertz CT molecular complexity index is 1130. The Balaban J connectivity index is 1.53. The number of nitrogens with zero attached hydrogens (tertiary/aromatic N) is 2. The van der Waals surface area contributed by atoms with Crippen molar-refractivity contribution >= 4 is 34.1 Å². The average Bonchev–Trinajstić information content (AvgIpc) is 2.91. The van der Waals surface area contributed by atoms with Crippen LogP contribution in [0.3, 0.4) is 0 Å². The number of fused-ring (bicyclic) bond motifs is 2. The predicted octanol–water partition coefficient (Wildman–Crippen LogP) is 3.01. The van der Waals surface area contributed by atoms with E-state index in [1.807, 2.05) is 0 Å². The van der Waals surface area contributed by atoms with Gasteiger partial charge in [0.2, 0.25) is 5.91 Å². The van der Waals surface area contributed by atoms with Gasteiger partial charge in [0.25, 0.3) is 5.56 Å². The minimum atomic E-state index is -3.74. The van der Waals surface area contributed by atoms with Gasteiger partial charge < -0.3 is 14.8 Å². The highest BCUT2D eigenvalue weighted by Gasteiger charge is 2.43. The van der Waals surface area contributed by atoms with Crippen molar-refractivity contribution in [3.8, 4) is 11.5 Å². The van der Waals surface area contributed by atoms with E-state index in [4.69, 9.17) is 11.6 Å². The first-order valence-electron chi connectivity index (χ1n) is 7.65. The smallest absolute Gasteiger partial charge is 0.395 e. The number of benzene rings is 2. The lowest BCUT2D eigenvalue weighted by molar-refractivity contribution is -0.286. The molecule has 2 heterocycles. The third-order valence-corrected chi connectivity index (χ3v) is 4.02. The molecule has 0 saturated heterocycles. The Labute approximate surface area is 155 Å². The number of alkyl halides is 2. The number of halogens is 3. The summed E-state index contributed by atoms with van der Waals surface area (Å²) in [6.45, 7) is -0.321. The van der Waals surface area contributed by atoms with Crippen LogP contribution >= 0.6 is 11.6 Å². The fraction of sp³-hybridized carbons (Fsp3) is 0.118. The summed E-state index contributed by atoms with van der Waals surface area (Å²) in [4.78, 5) is 28.8. The summed E-state index contributed by atoms with van der Waals surface area (Å²) in [7, 11) is 0. The van der Waals surface area contributed by atoms with Crippen LogP contribution in [0.25, 0.3) is 10.9 Å². The number of amides is 1. The van der Waals surface area contributed by atoms with Gasteiger partial charge in [-0.3, -0.25) is 14.2 Å². The molecule has 0 radical (unpaired) electrons. The number of nitrogens with one attached hydrogen (secondary N) is 1. The molecule has 0 spiro atoms. The molecule has 1 N–H and O–H groups in total. The molecule has 138 valence electrons. The Hall–Kier alpha value is -3.20. The predicted molar refractivity (Wildman–Crippen MR) is 92.3 cm³/mol. The summed E-state index contributed by atoms with van der Waals surface area (Å²) in [5.74, 6) is -0.882. The van der Waals surface area contributed by atoms with Crippen LogP contribution in [0.2, 0.25) is 5.02 Å². The van der Waals surface area contributed by atoms with Gasteiger partial charge in [0.1, 0.15) is 6.54 Å². The molecule has 4 rings (SSSR count). The van der Waals surface area contributed by atoms with Crippen LogP contribution in [0, 0.1) is 0 Å². The second-order valence-electron chi connectivity index (χ2n) is 5.72. The van der Waals surface area contributed by atoms with E-state index in [1.54, 1.807) is 12.1 Å². The van der Waals surface area contributed by atoms with Crippen LogP contribution in [0.15, 0.2) is 47.5 Å². The molecule has 0 bridgehead atoms. The third kappa shape index (κ3) is 3.41. The van der Waals surface area contributed by atoms with Crippen molar-refractivity contribution in [1.29, 1.82) is 0 Å². The summed E-state index contributed by atoms with van der Waals surface area (Å²) in [5.41, 5.74) is 0.241. The lowest BCUT2D eigenvalue weighted by Crippen LogP contribution is -2.27. The SMILES string of the molecule is O=C(Cn1cnc2ccc(Cl)cc2c1=O)Nc1ccc2c(c1)OC(F)(F)O2. The van der Waals surface area contributed by atoms with E-state index in [2.05, 4.69) is 19.8 Å². The molecule has 3 aromatic rings. The number of anilines is 1. The van der Waals surface area contributed by atoms with Crippen molar-refractivity contribution in [3.63, 3.8) is 0 Å². The molecule has 1 amide bonds. The molecule has 1 aliphatic heterocycles. The van der Waals surface area contributed by atoms with Crippen LogP contribution in [-0.4, -0.2) is 21.8 Å². The highest BCUT2D eigenvalue weighted by atomic mass is 35.5. The zero-order valence-electron chi connectivity index (χ0n) is 13.4. The van der Waals surface area contributed by atoms with E-state index in [0.717, 1.165) is 4.57 Å². The van der Waals surface area contributed by atoms with E-state index in [1.165, 1.54) is 30.6 Å². The molecule has 0 atom stereocenters. The van der Waals surface area contributed by atoms with Crippen molar-refractivity contribution in [2.45, 2.75) is 12.8 Å². The number of carbonyl (C=O) groups is 1. The minimum absolute atomic E-state index is 0.134. The summed E-state index contributed by atoms with van der Waals surface area (Å²) < 4.78 is 35.8. The maximum Gasteiger partial charge on any atom is 0.586 e. The lowest BCUT2D eigenvalue weighted by atomic mass is 10.2. The van der Waals surface area contributed by atoms with Crippen molar-refractivity contribution in [1.82, 2.24) is 9.55 Å². The van der Waals surface area contributed by atoms with Gasteiger partial charge in [0.15, 0.2) is 11.5 Å². The number of aromatic nitrogens is 2. The molecule has 1 aromatic heterocycles. The molecule has 10 heteroatoms. The molecule has 7 nitrogen and oxygen atoms in total. The zero-order valence-corrected chi connectivity index (χ0v) is 14.2. The van der Waals surface area contributed by atoms with Crippen molar-refractivity contribution in [2.24, 2.45) is 0 Å². The second-order valence-corrected chi connectivity index (χ2v) is 6.15. The molecule has 2 aromatic carbocycles. The normalized spacial score (nSPS) is 14.3. The fourth-order valence-electron chi connectivity index (χ4n) is 2.63. The highest BCUT2D eigenvalue weighted by Crippen LogP contribution is 2.42. The van der Waals surface area contributed by atoms with E-state index in [9.17, 15) is 18.4 Å².